The van der Waals surface area contributed by atoms with Crippen LogP contribution in [-0.2, 0) is 23.8 Å². The highest BCUT2D eigenvalue weighted by molar-refractivity contribution is 7.89. The highest BCUT2D eigenvalue weighted by Crippen LogP contribution is 2.26. The van der Waals surface area contributed by atoms with Crippen molar-refractivity contribution in [2.24, 2.45) is 7.05 Å². The van der Waals surface area contributed by atoms with Crippen LogP contribution in [0.3, 0.4) is 0 Å². The number of benzene rings is 1. The number of halogens is 1. The summed E-state index contributed by atoms with van der Waals surface area (Å²) in [4.78, 5) is 14.6. The quantitative estimate of drug-likeness (QED) is 0.522. The SMILES string of the molecule is Cc1cc(OCn2ccc(C(=O)N3CCN(S(=O)(=O)c4cnn(C)c4)CC3)n2)cc(C)c1Cl. The van der Waals surface area contributed by atoms with Crippen LogP contribution < -0.4 is 4.74 Å². The van der Waals surface area contributed by atoms with E-state index in [0.717, 1.165) is 11.1 Å². The number of aromatic nitrogens is 4. The lowest BCUT2D eigenvalue weighted by atomic mass is 10.1. The number of piperazine rings is 1. The third kappa shape index (κ3) is 4.90. The van der Waals surface area contributed by atoms with E-state index in [1.807, 2.05) is 26.0 Å². The van der Waals surface area contributed by atoms with E-state index in [4.69, 9.17) is 16.3 Å². The van der Waals surface area contributed by atoms with Crippen molar-refractivity contribution in [3.63, 3.8) is 0 Å². The number of carbonyl (C=O) groups excluding carboxylic acids is 1. The molecule has 2 aromatic heterocycles. The minimum Gasteiger partial charge on any atom is -0.471 e. The van der Waals surface area contributed by atoms with Crippen LogP contribution in [-0.4, -0.2) is 69.3 Å². The molecule has 10 nitrogen and oxygen atoms in total. The second-order valence-electron chi connectivity index (χ2n) is 7.93. The molecule has 0 spiro atoms. The molecule has 0 radical (unpaired) electrons. The standard InChI is InChI=1S/C21H25ClN6O4S/c1-15-10-17(11-16(2)20(15)22)32-14-27-5-4-19(24-27)21(29)26-6-8-28(9-7-26)33(30,31)18-12-23-25(3)13-18/h4-5,10-13H,6-9,14H2,1-3H3. The van der Waals surface area contributed by atoms with Crippen molar-refractivity contribution in [3.05, 3.63) is 58.6 Å². The van der Waals surface area contributed by atoms with E-state index in [1.165, 1.54) is 26.1 Å². The van der Waals surface area contributed by atoms with Crippen LogP contribution in [0.25, 0.3) is 0 Å². The first-order chi connectivity index (χ1) is 15.6. The van der Waals surface area contributed by atoms with E-state index in [1.54, 1.807) is 24.2 Å². The first-order valence-electron chi connectivity index (χ1n) is 10.4. The Hall–Kier alpha value is -2.89. The van der Waals surface area contributed by atoms with E-state index in [2.05, 4.69) is 10.2 Å². The number of ether oxygens (including phenoxy) is 1. The molecule has 1 aliphatic rings. The summed E-state index contributed by atoms with van der Waals surface area (Å²) in [7, 11) is -1.96. The molecule has 176 valence electrons. The fraction of sp³-hybridized carbons (Fsp3) is 0.381. The van der Waals surface area contributed by atoms with Crippen molar-refractivity contribution in [2.45, 2.75) is 25.5 Å². The third-order valence-corrected chi connectivity index (χ3v) is 7.93. The van der Waals surface area contributed by atoms with E-state index in [0.29, 0.717) is 10.8 Å². The van der Waals surface area contributed by atoms with Gasteiger partial charge >= 0.3 is 0 Å². The van der Waals surface area contributed by atoms with Crippen LogP contribution in [0.2, 0.25) is 5.02 Å². The molecule has 4 rings (SSSR count). The molecule has 12 heteroatoms. The van der Waals surface area contributed by atoms with Crippen LogP contribution in [0.1, 0.15) is 21.6 Å². The van der Waals surface area contributed by atoms with E-state index in [-0.39, 0.29) is 49.4 Å². The zero-order valence-electron chi connectivity index (χ0n) is 18.6. The minimum atomic E-state index is -3.63. The molecule has 1 amide bonds. The molecular weight excluding hydrogens is 468 g/mol. The zero-order valence-corrected chi connectivity index (χ0v) is 20.2. The average Bonchev–Trinajstić information content (AvgIpc) is 3.45. The fourth-order valence-corrected chi connectivity index (χ4v) is 5.17. The number of rotatable bonds is 6. The monoisotopic (exact) mass is 492 g/mol. The van der Waals surface area contributed by atoms with Gasteiger partial charge < -0.3 is 9.64 Å². The summed E-state index contributed by atoms with van der Waals surface area (Å²) in [5.74, 6) is 0.425. The van der Waals surface area contributed by atoms with Crippen molar-refractivity contribution < 1.29 is 17.9 Å². The topological polar surface area (TPSA) is 103 Å². The Morgan fingerprint density at radius 1 is 1.15 bits per heavy atom. The highest BCUT2D eigenvalue weighted by atomic mass is 35.5. The van der Waals surface area contributed by atoms with Crippen LogP contribution >= 0.6 is 11.6 Å². The molecule has 1 aromatic carbocycles. The smallest absolute Gasteiger partial charge is 0.274 e. The Balaban J connectivity index is 1.34. The zero-order chi connectivity index (χ0) is 23.8. The van der Waals surface area contributed by atoms with E-state index < -0.39 is 10.0 Å². The molecule has 0 bridgehead atoms. The summed E-state index contributed by atoms with van der Waals surface area (Å²) in [5.41, 5.74) is 2.13. The molecule has 0 unspecified atom stereocenters. The van der Waals surface area contributed by atoms with Gasteiger partial charge in [-0.2, -0.15) is 14.5 Å². The molecule has 0 atom stereocenters. The fourth-order valence-electron chi connectivity index (χ4n) is 3.65. The Bertz CT molecular complexity index is 1250. The molecule has 3 aromatic rings. The lowest BCUT2D eigenvalue weighted by Crippen LogP contribution is -2.50. The first kappa shape index (κ1) is 23.3. The summed E-state index contributed by atoms with van der Waals surface area (Å²) in [5, 5.41) is 8.95. The summed E-state index contributed by atoms with van der Waals surface area (Å²) < 4.78 is 35.6. The van der Waals surface area contributed by atoms with Crippen LogP contribution in [0.15, 0.2) is 41.7 Å². The molecule has 1 aliphatic heterocycles. The number of sulfonamides is 1. The van der Waals surface area contributed by atoms with Gasteiger partial charge in [-0.15, -0.1) is 0 Å². The van der Waals surface area contributed by atoms with Crippen molar-refractivity contribution >= 4 is 27.5 Å². The maximum Gasteiger partial charge on any atom is 0.274 e. The molecule has 33 heavy (non-hydrogen) atoms. The molecule has 0 aliphatic carbocycles. The van der Waals surface area contributed by atoms with Gasteiger partial charge in [-0.25, -0.2) is 13.1 Å². The lowest BCUT2D eigenvalue weighted by Gasteiger charge is -2.33. The number of hydrogen-bond acceptors (Lipinski definition) is 6. The molecule has 0 N–H and O–H groups in total. The maximum atomic E-state index is 12.9. The van der Waals surface area contributed by atoms with Crippen LogP contribution in [0.4, 0.5) is 0 Å². The minimum absolute atomic E-state index is 0.144. The third-order valence-electron chi connectivity index (χ3n) is 5.48. The second kappa shape index (κ2) is 9.16. The molecule has 1 saturated heterocycles. The lowest BCUT2D eigenvalue weighted by molar-refractivity contribution is 0.0690. The van der Waals surface area contributed by atoms with Crippen molar-refractivity contribution in [1.29, 1.82) is 0 Å². The number of amides is 1. The first-order valence-corrected chi connectivity index (χ1v) is 12.2. The van der Waals surface area contributed by atoms with Crippen molar-refractivity contribution in [3.8, 4) is 5.75 Å². The van der Waals surface area contributed by atoms with Gasteiger partial charge in [0.1, 0.15) is 10.6 Å². The van der Waals surface area contributed by atoms with Crippen LogP contribution in [0.5, 0.6) is 5.75 Å². The number of aryl methyl sites for hydroxylation is 3. The largest absolute Gasteiger partial charge is 0.471 e. The van der Waals surface area contributed by atoms with Gasteiger partial charge in [-0.3, -0.25) is 9.48 Å². The van der Waals surface area contributed by atoms with Gasteiger partial charge in [0.15, 0.2) is 12.4 Å². The van der Waals surface area contributed by atoms with Crippen LogP contribution in [0, 0.1) is 13.8 Å². The summed E-state index contributed by atoms with van der Waals surface area (Å²) >= 11 is 6.19. The van der Waals surface area contributed by atoms with Gasteiger partial charge in [0.05, 0.1) is 6.20 Å². The number of carbonyl (C=O) groups is 1. The van der Waals surface area contributed by atoms with Gasteiger partial charge in [0.25, 0.3) is 5.91 Å². The second-order valence-corrected chi connectivity index (χ2v) is 10.2. The van der Waals surface area contributed by atoms with Crippen molar-refractivity contribution in [1.82, 2.24) is 28.8 Å². The van der Waals surface area contributed by atoms with E-state index in [9.17, 15) is 13.2 Å². The van der Waals surface area contributed by atoms with Gasteiger partial charge in [0, 0.05) is 50.6 Å². The Kier molecular flexibility index (Phi) is 6.46. The predicted octanol–water partition coefficient (Wildman–Crippen LogP) is 2.07. The molecule has 3 heterocycles. The average molecular weight is 493 g/mol. The Morgan fingerprint density at radius 2 is 1.82 bits per heavy atom. The van der Waals surface area contributed by atoms with Gasteiger partial charge in [-0.1, -0.05) is 11.6 Å². The summed E-state index contributed by atoms with van der Waals surface area (Å²) in [6.07, 6.45) is 4.47. The van der Waals surface area contributed by atoms with Gasteiger partial charge in [0.2, 0.25) is 10.0 Å². The number of nitrogens with zero attached hydrogens (tertiary/aromatic N) is 6. The van der Waals surface area contributed by atoms with E-state index >= 15 is 0 Å². The van der Waals surface area contributed by atoms with Gasteiger partial charge in [-0.05, 0) is 43.2 Å². The molecular formula is C21H25ClN6O4S. The Morgan fingerprint density at radius 3 is 2.42 bits per heavy atom. The number of hydrogen-bond donors (Lipinski definition) is 0. The Labute approximate surface area is 197 Å². The maximum absolute atomic E-state index is 12.9. The van der Waals surface area contributed by atoms with Crippen molar-refractivity contribution in [2.75, 3.05) is 26.2 Å². The summed E-state index contributed by atoms with van der Waals surface area (Å²) in [6, 6.07) is 5.33. The highest BCUT2D eigenvalue weighted by Gasteiger charge is 2.31. The molecule has 1 fully saturated rings. The predicted molar refractivity (Wildman–Crippen MR) is 122 cm³/mol. The normalized spacial score (nSPS) is 15.1. The molecule has 0 saturated carbocycles. The summed E-state index contributed by atoms with van der Waals surface area (Å²) in [6.45, 7) is 4.95.